The summed E-state index contributed by atoms with van der Waals surface area (Å²) in [4.78, 5) is 4.26. The Morgan fingerprint density at radius 1 is 1.47 bits per heavy atom. The maximum Gasteiger partial charge on any atom is 0.195 e. The Morgan fingerprint density at radius 3 is 3.00 bits per heavy atom. The number of hydrogen-bond donors (Lipinski definition) is 1. The molecule has 0 fully saturated rings. The van der Waals surface area contributed by atoms with E-state index in [0.29, 0.717) is 4.77 Å². The molecule has 0 aromatic carbocycles. The van der Waals surface area contributed by atoms with E-state index in [0.717, 1.165) is 24.5 Å². The van der Waals surface area contributed by atoms with Gasteiger partial charge in [-0.3, -0.25) is 14.6 Å². The predicted octanol–water partition coefficient (Wildman–Crippen LogP) is 2.41. The molecule has 0 aliphatic rings. The Morgan fingerprint density at radius 2 is 2.33 bits per heavy atom. The highest BCUT2D eigenvalue weighted by molar-refractivity contribution is 7.71. The second-order valence-corrected chi connectivity index (χ2v) is 3.61. The van der Waals surface area contributed by atoms with E-state index in [2.05, 4.69) is 22.1 Å². The number of aromatic amines is 1. The van der Waals surface area contributed by atoms with Gasteiger partial charge in [0, 0.05) is 12.7 Å². The summed E-state index contributed by atoms with van der Waals surface area (Å²) >= 11 is 5.16. The van der Waals surface area contributed by atoms with E-state index in [1.165, 1.54) is 0 Å². The topological polar surface area (TPSA) is 46.5 Å². The molecule has 0 spiro atoms. The van der Waals surface area contributed by atoms with Gasteiger partial charge < -0.3 is 0 Å². The van der Waals surface area contributed by atoms with Crippen molar-refractivity contribution in [3.8, 4) is 11.5 Å². The quantitative estimate of drug-likeness (QED) is 0.808. The molecule has 0 aliphatic carbocycles. The van der Waals surface area contributed by atoms with Crippen molar-refractivity contribution >= 4 is 12.2 Å². The van der Waals surface area contributed by atoms with E-state index in [1.54, 1.807) is 6.20 Å². The second kappa shape index (κ2) is 4.35. The molecule has 0 unspecified atom stereocenters. The summed E-state index contributed by atoms with van der Waals surface area (Å²) in [6, 6.07) is 5.75. The SMILES string of the molecule is CCCn1c(-c2ccccn2)n[nH]c1=S. The first kappa shape index (κ1) is 10.0. The zero-order valence-electron chi connectivity index (χ0n) is 8.47. The van der Waals surface area contributed by atoms with E-state index in [1.807, 2.05) is 22.8 Å². The maximum absolute atomic E-state index is 5.16. The monoisotopic (exact) mass is 220 g/mol. The van der Waals surface area contributed by atoms with Gasteiger partial charge in [-0.1, -0.05) is 13.0 Å². The summed E-state index contributed by atoms with van der Waals surface area (Å²) in [5.41, 5.74) is 0.846. The number of rotatable bonds is 3. The molecule has 0 aliphatic heterocycles. The van der Waals surface area contributed by atoms with E-state index in [-0.39, 0.29) is 0 Å². The van der Waals surface area contributed by atoms with Gasteiger partial charge in [-0.25, -0.2) is 0 Å². The molecule has 78 valence electrons. The first-order valence-electron chi connectivity index (χ1n) is 4.89. The highest BCUT2D eigenvalue weighted by Gasteiger charge is 2.07. The molecule has 5 heteroatoms. The Hall–Kier alpha value is -1.49. The number of hydrogen-bond acceptors (Lipinski definition) is 3. The summed E-state index contributed by atoms with van der Waals surface area (Å²) in [5, 5.41) is 6.98. The molecular formula is C10H12N4S. The van der Waals surface area contributed by atoms with Gasteiger partial charge in [-0.2, -0.15) is 5.10 Å². The van der Waals surface area contributed by atoms with Crippen molar-refractivity contribution in [2.75, 3.05) is 0 Å². The summed E-state index contributed by atoms with van der Waals surface area (Å²) < 4.78 is 2.62. The fraction of sp³-hybridized carbons (Fsp3) is 0.300. The van der Waals surface area contributed by atoms with Gasteiger partial charge in [0.15, 0.2) is 10.6 Å². The Kier molecular flexibility index (Phi) is 2.91. The minimum absolute atomic E-state index is 0.650. The van der Waals surface area contributed by atoms with Crippen LogP contribution in [0.5, 0.6) is 0 Å². The smallest absolute Gasteiger partial charge is 0.195 e. The van der Waals surface area contributed by atoms with Crippen molar-refractivity contribution in [3.05, 3.63) is 29.2 Å². The first-order valence-corrected chi connectivity index (χ1v) is 5.30. The van der Waals surface area contributed by atoms with Crippen LogP contribution in [0.4, 0.5) is 0 Å². The molecular weight excluding hydrogens is 208 g/mol. The highest BCUT2D eigenvalue weighted by Crippen LogP contribution is 2.13. The van der Waals surface area contributed by atoms with Gasteiger partial charge in [0.25, 0.3) is 0 Å². The highest BCUT2D eigenvalue weighted by atomic mass is 32.1. The standard InChI is InChI=1S/C10H12N4S/c1-2-7-14-9(12-13-10(14)15)8-5-3-4-6-11-8/h3-6H,2,7H2,1H3,(H,13,15). The van der Waals surface area contributed by atoms with Gasteiger partial charge >= 0.3 is 0 Å². The first-order chi connectivity index (χ1) is 7.33. The molecule has 2 aromatic rings. The van der Waals surface area contributed by atoms with Crippen molar-refractivity contribution in [2.45, 2.75) is 19.9 Å². The molecule has 0 saturated carbocycles. The maximum atomic E-state index is 5.16. The van der Waals surface area contributed by atoms with Gasteiger partial charge in [0.05, 0.1) is 0 Å². The van der Waals surface area contributed by atoms with Crippen molar-refractivity contribution < 1.29 is 0 Å². The molecule has 0 saturated heterocycles. The van der Waals surface area contributed by atoms with Crippen LogP contribution in [0.15, 0.2) is 24.4 Å². The number of aromatic nitrogens is 4. The molecule has 4 nitrogen and oxygen atoms in total. The number of H-pyrrole nitrogens is 1. The minimum Gasteiger partial charge on any atom is -0.299 e. The predicted molar refractivity (Wildman–Crippen MR) is 60.9 cm³/mol. The van der Waals surface area contributed by atoms with Gasteiger partial charge in [-0.05, 0) is 30.8 Å². The Labute approximate surface area is 93.0 Å². The van der Waals surface area contributed by atoms with Crippen LogP contribution in [0.2, 0.25) is 0 Å². The normalized spacial score (nSPS) is 10.5. The molecule has 0 atom stereocenters. The third-order valence-corrected chi connectivity index (χ3v) is 2.41. The fourth-order valence-corrected chi connectivity index (χ4v) is 1.66. The van der Waals surface area contributed by atoms with E-state index in [9.17, 15) is 0 Å². The molecule has 2 rings (SSSR count). The van der Waals surface area contributed by atoms with Crippen molar-refractivity contribution in [1.29, 1.82) is 0 Å². The average molecular weight is 220 g/mol. The molecule has 0 bridgehead atoms. The molecule has 0 amide bonds. The zero-order valence-corrected chi connectivity index (χ0v) is 9.29. The third kappa shape index (κ3) is 1.97. The van der Waals surface area contributed by atoms with Crippen LogP contribution in [-0.4, -0.2) is 19.7 Å². The van der Waals surface area contributed by atoms with Crippen LogP contribution in [0.25, 0.3) is 11.5 Å². The van der Waals surface area contributed by atoms with Gasteiger partial charge in [0.1, 0.15) is 5.69 Å². The summed E-state index contributed by atoms with van der Waals surface area (Å²) in [6.45, 7) is 2.97. The zero-order chi connectivity index (χ0) is 10.7. The number of pyridine rings is 1. The average Bonchev–Trinajstić information content (AvgIpc) is 2.63. The van der Waals surface area contributed by atoms with E-state index >= 15 is 0 Å². The lowest BCUT2D eigenvalue weighted by Gasteiger charge is -2.03. The van der Waals surface area contributed by atoms with Gasteiger partial charge in [-0.15, -0.1) is 0 Å². The second-order valence-electron chi connectivity index (χ2n) is 3.22. The molecule has 2 aromatic heterocycles. The molecule has 15 heavy (non-hydrogen) atoms. The van der Waals surface area contributed by atoms with Crippen LogP contribution < -0.4 is 0 Å². The molecule has 0 radical (unpaired) electrons. The van der Waals surface area contributed by atoms with Crippen molar-refractivity contribution in [3.63, 3.8) is 0 Å². The van der Waals surface area contributed by atoms with Crippen LogP contribution in [-0.2, 0) is 6.54 Å². The summed E-state index contributed by atoms with van der Waals surface area (Å²) in [6.07, 6.45) is 2.77. The van der Waals surface area contributed by atoms with Gasteiger partial charge in [0.2, 0.25) is 0 Å². The minimum atomic E-state index is 0.650. The van der Waals surface area contributed by atoms with E-state index < -0.39 is 0 Å². The lowest BCUT2D eigenvalue weighted by atomic mass is 10.3. The number of nitrogens with zero attached hydrogens (tertiary/aromatic N) is 3. The van der Waals surface area contributed by atoms with Crippen molar-refractivity contribution in [2.24, 2.45) is 0 Å². The Bertz CT molecular complexity index is 486. The van der Waals surface area contributed by atoms with Crippen LogP contribution >= 0.6 is 12.2 Å². The van der Waals surface area contributed by atoms with Crippen LogP contribution in [0.3, 0.4) is 0 Å². The lowest BCUT2D eigenvalue weighted by molar-refractivity contribution is 0.673. The lowest BCUT2D eigenvalue weighted by Crippen LogP contribution is -2.00. The number of nitrogens with one attached hydrogen (secondary N) is 1. The summed E-state index contributed by atoms with van der Waals surface area (Å²) in [5.74, 6) is 0.808. The largest absolute Gasteiger partial charge is 0.299 e. The van der Waals surface area contributed by atoms with Crippen molar-refractivity contribution in [1.82, 2.24) is 19.7 Å². The third-order valence-electron chi connectivity index (χ3n) is 2.10. The fourth-order valence-electron chi connectivity index (χ4n) is 1.44. The van der Waals surface area contributed by atoms with Crippen LogP contribution in [0, 0.1) is 4.77 Å². The van der Waals surface area contributed by atoms with E-state index in [4.69, 9.17) is 12.2 Å². The molecule has 2 heterocycles. The molecule has 1 N–H and O–H groups in total. The Balaban J connectivity index is 2.49. The summed E-state index contributed by atoms with van der Waals surface area (Å²) in [7, 11) is 0. The van der Waals surface area contributed by atoms with Crippen LogP contribution in [0.1, 0.15) is 13.3 Å².